The Morgan fingerprint density at radius 3 is 2.41 bits per heavy atom. The molecule has 3 aromatic rings. The smallest absolute Gasteiger partial charge is 0.351 e. The second-order valence-corrected chi connectivity index (χ2v) is 6.85. The van der Waals surface area contributed by atoms with Gasteiger partial charge in [-0.25, -0.2) is 4.79 Å². The van der Waals surface area contributed by atoms with Gasteiger partial charge in [0.15, 0.2) is 5.82 Å². The number of aliphatic hydroxyl groups is 1. The van der Waals surface area contributed by atoms with Crippen LogP contribution in [0.2, 0.25) is 0 Å². The number of hydrazine groups is 1. The van der Waals surface area contributed by atoms with E-state index < -0.39 is 6.10 Å². The molecule has 0 spiro atoms. The summed E-state index contributed by atoms with van der Waals surface area (Å²) in [6.07, 6.45) is -0.836. The zero-order chi connectivity index (χ0) is 18.8. The summed E-state index contributed by atoms with van der Waals surface area (Å²) in [5, 5.41) is 14.5. The van der Waals surface area contributed by atoms with Crippen molar-refractivity contribution in [1.82, 2.24) is 25.2 Å². The molecule has 1 aliphatic rings. The fourth-order valence-electron chi connectivity index (χ4n) is 3.39. The summed E-state index contributed by atoms with van der Waals surface area (Å²) in [5.74, 6) is 0.775. The van der Waals surface area contributed by atoms with Gasteiger partial charge < -0.3 is 5.11 Å². The van der Waals surface area contributed by atoms with Gasteiger partial charge in [0.25, 0.3) is 0 Å². The van der Waals surface area contributed by atoms with E-state index >= 15 is 0 Å². The molecular weight excluding hydrogens is 342 g/mol. The number of nitrogens with zero attached hydrogens (tertiary/aromatic N) is 3. The van der Waals surface area contributed by atoms with Crippen LogP contribution in [-0.2, 0) is 6.54 Å². The monoisotopic (exact) mass is 365 g/mol. The third kappa shape index (κ3) is 3.57. The number of nitrogens with one attached hydrogen (secondary N) is 2. The normalized spacial score (nSPS) is 15.9. The molecule has 2 aromatic carbocycles. The van der Waals surface area contributed by atoms with Gasteiger partial charge in [-0.15, -0.1) is 5.10 Å². The summed E-state index contributed by atoms with van der Waals surface area (Å²) in [6, 6.07) is 17.6. The molecule has 3 N–H and O–H groups in total. The lowest BCUT2D eigenvalue weighted by molar-refractivity contribution is 0.183. The highest BCUT2D eigenvalue weighted by atomic mass is 16.3. The summed E-state index contributed by atoms with van der Waals surface area (Å²) in [4.78, 5) is 13.0. The van der Waals surface area contributed by atoms with Crippen molar-refractivity contribution in [3.8, 4) is 5.69 Å². The minimum Gasteiger partial charge on any atom is -0.385 e. The van der Waals surface area contributed by atoms with E-state index in [1.807, 2.05) is 54.6 Å². The van der Waals surface area contributed by atoms with Crippen LogP contribution in [0.1, 0.15) is 35.9 Å². The molecule has 0 radical (unpaired) electrons. The molecule has 27 heavy (non-hydrogen) atoms. The third-order valence-electron chi connectivity index (χ3n) is 4.88. The van der Waals surface area contributed by atoms with Crippen molar-refractivity contribution >= 4 is 0 Å². The Balaban J connectivity index is 1.68. The Kier molecular flexibility index (Phi) is 4.89. The van der Waals surface area contributed by atoms with Gasteiger partial charge in [0, 0.05) is 19.0 Å². The van der Waals surface area contributed by atoms with Gasteiger partial charge in [0.05, 0.1) is 12.2 Å². The summed E-state index contributed by atoms with van der Waals surface area (Å²) in [5.41, 5.74) is 8.88. The van der Waals surface area contributed by atoms with Crippen LogP contribution < -0.4 is 16.5 Å². The quantitative estimate of drug-likeness (QED) is 0.635. The highest BCUT2D eigenvalue weighted by Crippen LogP contribution is 2.19. The minimum absolute atomic E-state index is 0.258. The average molecular weight is 365 g/mol. The number of hydrogen-bond acceptors (Lipinski definition) is 5. The van der Waals surface area contributed by atoms with Crippen LogP contribution in [0.25, 0.3) is 5.69 Å². The van der Waals surface area contributed by atoms with E-state index in [0.717, 1.165) is 18.7 Å². The number of aromatic nitrogens is 3. The lowest BCUT2D eigenvalue weighted by atomic mass is 10.0. The molecule has 2 heterocycles. The molecular formula is C20H23N5O2. The maximum absolute atomic E-state index is 13.0. The summed E-state index contributed by atoms with van der Waals surface area (Å²) >= 11 is 0. The van der Waals surface area contributed by atoms with Crippen molar-refractivity contribution in [2.45, 2.75) is 25.5 Å². The molecule has 0 saturated carbocycles. The second-order valence-electron chi connectivity index (χ2n) is 6.85. The Labute approximate surface area is 157 Å². The van der Waals surface area contributed by atoms with Crippen LogP contribution in [0, 0.1) is 0 Å². The van der Waals surface area contributed by atoms with Gasteiger partial charge in [-0.2, -0.15) is 4.68 Å². The van der Waals surface area contributed by atoms with Gasteiger partial charge in [-0.05, 0) is 30.2 Å². The molecule has 1 saturated heterocycles. The van der Waals surface area contributed by atoms with Gasteiger partial charge in [0.1, 0.15) is 6.10 Å². The van der Waals surface area contributed by atoms with Crippen LogP contribution in [0.5, 0.6) is 0 Å². The lowest BCUT2D eigenvalue weighted by Gasteiger charge is -2.08. The van der Waals surface area contributed by atoms with Gasteiger partial charge in [-0.1, -0.05) is 42.5 Å². The lowest BCUT2D eigenvalue weighted by Crippen LogP contribution is -2.25. The highest BCUT2D eigenvalue weighted by Gasteiger charge is 2.20. The molecule has 7 nitrogen and oxygen atoms in total. The van der Waals surface area contributed by atoms with Crippen molar-refractivity contribution in [3.05, 3.63) is 82.0 Å². The molecule has 1 aliphatic heterocycles. The fraction of sp³-hybridized carbons (Fsp3) is 0.300. The SMILES string of the molecule is CC(O)c1nn(-c2ccc(C3CNNC3)cc2)c(=O)n1Cc1ccccc1. The van der Waals surface area contributed by atoms with Crippen molar-refractivity contribution < 1.29 is 5.11 Å². The Hall–Kier alpha value is -2.74. The van der Waals surface area contributed by atoms with Gasteiger partial charge in [0.2, 0.25) is 0 Å². The van der Waals surface area contributed by atoms with E-state index in [1.165, 1.54) is 14.8 Å². The Morgan fingerprint density at radius 2 is 1.78 bits per heavy atom. The second kappa shape index (κ2) is 7.48. The van der Waals surface area contributed by atoms with Crippen LogP contribution in [0.4, 0.5) is 0 Å². The average Bonchev–Trinajstić information content (AvgIpc) is 3.32. The molecule has 1 atom stereocenters. The summed E-state index contributed by atoms with van der Waals surface area (Å²) in [7, 11) is 0. The zero-order valence-electron chi connectivity index (χ0n) is 15.2. The molecule has 0 aliphatic carbocycles. The maximum atomic E-state index is 13.0. The molecule has 0 amide bonds. The first kappa shape index (κ1) is 17.7. The topological polar surface area (TPSA) is 84.1 Å². The van der Waals surface area contributed by atoms with Crippen LogP contribution in [0.15, 0.2) is 59.4 Å². The number of rotatable bonds is 5. The molecule has 0 bridgehead atoms. The predicted octanol–water partition coefficient (Wildman–Crippen LogP) is 1.33. The molecule has 1 fully saturated rings. The first-order valence-electron chi connectivity index (χ1n) is 9.11. The number of benzene rings is 2. The third-order valence-corrected chi connectivity index (χ3v) is 4.88. The van der Waals surface area contributed by atoms with Gasteiger partial charge >= 0.3 is 5.69 Å². The highest BCUT2D eigenvalue weighted by molar-refractivity contribution is 5.35. The van der Waals surface area contributed by atoms with Crippen molar-refractivity contribution in [1.29, 1.82) is 0 Å². The Bertz CT molecular complexity index is 954. The van der Waals surface area contributed by atoms with Crippen LogP contribution >= 0.6 is 0 Å². The largest absolute Gasteiger partial charge is 0.385 e. The first-order chi connectivity index (χ1) is 13.1. The molecule has 1 aromatic heterocycles. The standard InChI is InChI=1S/C20H23N5O2/c1-14(26)19-23-25(20(27)24(19)13-15-5-3-2-4-6-15)18-9-7-16(8-10-18)17-11-21-22-12-17/h2-10,14,17,21-22,26H,11-13H2,1H3. The molecule has 4 rings (SSSR count). The molecule has 7 heteroatoms. The van der Waals surface area contributed by atoms with E-state index in [-0.39, 0.29) is 5.69 Å². The van der Waals surface area contributed by atoms with E-state index in [4.69, 9.17) is 0 Å². The van der Waals surface area contributed by atoms with E-state index in [0.29, 0.717) is 24.0 Å². The zero-order valence-corrected chi connectivity index (χ0v) is 15.2. The van der Waals surface area contributed by atoms with E-state index in [2.05, 4.69) is 16.0 Å². The molecule has 1 unspecified atom stereocenters. The Morgan fingerprint density at radius 1 is 1.11 bits per heavy atom. The minimum atomic E-state index is -0.836. The first-order valence-corrected chi connectivity index (χ1v) is 9.11. The maximum Gasteiger partial charge on any atom is 0.351 e. The summed E-state index contributed by atoms with van der Waals surface area (Å²) in [6.45, 7) is 3.77. The van der Waals surface area contributed by atoms with E-state index in [9.17, 15) is 9.90 Å². The van der Waals surface area contributed by atoms with Crippen molar-refractivity contribution in [3.63, 3.8) is 0 Å². The molecule has 140 valence electrons. The van der Waals surface area contributed by atoms with Crippen LogP contribution in [0.3, 0.4) is 0 Å². The van der Waals surface area contributed by atoms with Crippen molar-refractivity contribution in [2.75, 3.05) is 13.1 Å². The van der Waals surface area contributed by atoms with Crippen molar-refractivity contribution in [2.24, 2.45) is 0 Å². The number of hydrogen-bond donors (Lipinski definition) is 3. The predicted molar refractivity (Wildman–Crippen MR) is 103 cm³/mol. The van der Waals surface area contributed by atoms with E-state index in [1.54, 1.807) is 6.92 Å². The summed E-state index contributed by atoms with van der Waals surface area (Å²) < 4.78 is 2.89. The number of aliphatic hydroxyl groups excluding tert-OH is 1. The van der Waals surface area contributed by atoms with Gasteiger partial charge in [-0.3, -0.25) is 15.4 Å². The van der Waals surface area contributed by atoms with Crippen LogP contribution in [-0.4, -0.2) is 32.5 Å². The fourth-order valence-corrected chi connectivity index (χ4v) is 3.39.